The van der Waals surface area contributed by atoms with Crippen LogP contribution in [0.5, 0.6) is 0 Å². The number of hydrogen-bond donors (Lipinski definition) is 0. The molecule has 0 aromatic heterocycles. The second kappa shape index (κ2) is 9.17. The lowest BCUT2D eigenvalue weighted by atomic mass is 10.2. The molecule has 0 radical (unpaired) electrons. The van der Waals surface area contributed by atoms with Crippen LogP contribution in [0.4, 0.5) is 13.2 Å². The monoisotopic (exact) mass is 332 g/mol. The molecule has 1 aromatic rings. The predicted octanol–water partition coefficient (Wildman–Crippen LogP) is 3.52. The Balaban J connectivity index is 2.30. The number of esters is 2. The summed E-state index contributed by atoms with van der Waals surface area (Å²) in [5.41, 5.74) is -0.256. The Bertz CT molecular complexity index is 559. The van der Waals surface area contributed by atoms with Gasteiger partial charge in [0.1, 0.15) is 12.4 Å². The van der Waals surface area contributed by atoms with Crippen LogP contribution in [0, 0.1) is 23.4 Å². The highest BCUT2D eigenvalue weighted by atomic mass is 19.2. The molecule has 1 aromatic carbocycles. The van der Waals surface area contributed by atoms with Crippen LogP contribution >= 0.6 is 0 Å². The Hall–Kier alpha value is -2.05. The van der Waals surface area contributed by atoms with Crippen molar-refractivity contribution < 1.29 is 32.2 Å². The van der Waals surface area contributed by atoms with E-state index in [0.717, 1.165) is 0 Å². The molecule has 0 amide bonds. The third kappa shape index (κ3) is 7.17. The summed E-state index contributed by atoms with van der Waals surface area (Å²) < 4.78 is 48.7. The van der Waals surface area contributed by atoms with Crippen LogP contribution in [-0.4, -0.2) is 18.5 Å². The summed E-state index contributed by atoms with van der Waals surface area (Å²) in [4.78, 5) is 22.8. The quantitative estimate of drug-likeness (QED) is 0.540. The van der Waals surface area contributed by atoms with Crippen LogP contribution in [0.1, 0.15) is 38.7 Å². The van der Waals surface area contributed by atoms with Gasteiger partial charge in [0.15, 0.2) is 11.6 Å². The minimum atomic E-state index is -1.31. The first-order valence-electron chi connectivity index (χ1n) is 7.24. The van der Waals surface area contributed by atoms with Crippen molar-refractivity contribution in [2.24, 2.45) is 5.92 Å². The van der Waals surface area contributed by atoms with E-state index < -0.39 is 36.0 Å². The zero-order valence-corrected chi connectivity index (χ0v) is 13.0. The van der Waals surface area contributed by atoms with Crippen LogP contribution in [-0.2, 0) is 25.7 Å². The van der Waals surface area contributed by atoms with Crippen LogP contribution in [0.25, 0.3) is 0 Å². The summed E-state index contributed by atoms with van der Waals surface area (Å²) in [6.45, 7) is 3.63. The largest absolute Gasteiger partial charge is 0.465 e. The molecule has 0 spiro atoms. The average molecular weight is 332 g/mol. The molecule has 0 aliphatic heterocycles. The van der Waals surface area contributed by atoms with Crippen molar-refractivity contribution in [3.05, 3.63) is 35.1 Å². The highest BCUT2D eigenvalue weighted by molar-refractivity contribution is 5.72. The first-order valence-corrected chi connectivity index (χ1v) is 7.24. The second-order valence-electron chi connectivity index (χ2n) is 5.45. The lowest BCUT2D eigenvalue weighted by Gasteiger charge is -2.08. The van der Waals surface area contributed by atoms with Gasteiger partial charge in [-0.25, -0.2) is 13.2 Å². The third-order valence-electron chi connectivity index (χ3n) is 2.82. The van der Waals surface area contributed by atoms with Gasteiger partial charge in [0.05, 0.1) is 6.61 Å². The Morgan fingerprint density at radius 2 is 1.52 bits per heavy atom. The lowest BCUT2D eigenvalue weighted by molar-refractivity contribution is -0.146. The summed E-state index contributed by atoms with van der Waals surface area (Å²) in [7, 11) is 0. The molecule has 128 valence electrons. The zero-order valence-electron chi connectivity index (χ0n) is 13.0. The van der Waals surface area contributed by atoms with Gasteiger partial charge in [0.25, 0.3) is 0 Å². The number of halogens is 3. The fourth-order valence-electron chi connectivity index (χ4n) is 1.61. The Kier molecular flexibility index (Phi) is 7.57. The summed E-state index contributed by atoms with van der Waals surface area (Å²) in [5.74, 6) is -4.35. The maximum atomic E-state index is 13.3. The first kappa shape index (κ1) is 19.0. The normalized spacial score (nSPS) is 10.7. The van der Waals surface area contributed by atoms with Gasteiger partial charge >= 0.3 is 11.9 Å². The molecule has 0 bridgehead atoms. The van der Waals surface area contributed by atoms with Crippen molar-refractivity contribution in [2.75, 3.05) is 6.61 Å². The van der Waals surface area contributed by atoms with Crippen LogP contribution < -0.4 is 0 Å². The molecule has 0 saturated carbocycles. The standard InChI is InChI=1S/C16H19F3O4/c1-10(2)8-22-15(20)4-3-5-16(21)23-9-11-6-13(18)14(19)7-12(11)17/h6-7,10H,3-5,8-9H2,1-2H3. The highest BCUT2D eigenvalue weighted by Gasteiger charge is 2.12. The number of carbonyl (C=O) groups is 2. The van der Waals surface area contributed by atoms with Crippen LogP contribution in [0.3, 0.4) is 0 Å². The lowest BCUT2D eigenvalue weighted by Crippen LogP contribution is -2.11. The van der Waals surface area contributed by atoms with E-state index in [9.17, 15) is 22.8 Å². The zero-order chi connectivity index (χ0) is 17.4. The van der Waals surface area contributed by atoms with Crippen LogP contribution in [0.2, 0.25) is 0 Å². The summed E-state index contributed by atoms with van der Waals surface area (Å²) in [5, 5.41) is 0. The van der Waals surface area contributed by atoms with Gasteiger partial charge in [-0.1, -0.05) is 13.8 Å². The molecule has 4 nitrogen and oxygen atoms in total. The first-order chi connectivity index (χ1) is 10.8. The van der Waals surface area contributed by atoms with E-state index in [1.807, 2.05) is 13.8 Å². The molecule has 0 aliphatic carbocycles. The summed E-state index contributed by atoms with van der Waals surface area (Å²) >= 11 is 0. The average Bonchev–Trinajstić information content (AvgIpc) is 2.47. The maximum absolute atomic E-state index is 13.3. The topological polar surface area (TPSA) is 52.6 Å². The van der Waals surface area contributed by atoms with Crippen molar-refractivity contribution in [1.82, 2.24) is 0 Å². The number of hydrogen-bond acceptors (Lipinski definition) is 4. The molecule has 0 heterocycles. The smallest absolute Gasteiger partial charge is 0.306 e. The maximum Gasteiger partial charge on any atom is 0.306 e. The van der Waals surface area contributed by atoms with Crippen molar-refractivity contribution >= 4 is 11.9 Å². The molecular formula is C16H19F3O4. The minimum Gasteiger partial charge on any atom is -0.465 e. The molecule has 23 heavy (non-hydrogen) atoms. The van der Waals surface area contributed by atoms with Crippen molar-refractivity contribution in [3.8, 4) is 0 Å². The number of benzene rings is 1. The van der Waals surface area contributed by atoms with E-state index in [4.69, 9.17) is 9.47 Å². The van der Waals surface area contributed by atoms with Crippen molar-refractivity contribution in [3.63, 3.8) is 0 Å². The number of carbonyl (C=O) groups excluding carboxylic acids is 2. The molecule has 1 rings (SSSR count). The van der Waals surface area contributed by atoms with Crippen LogP contribution in [0.15, 0.2) is 12.1 Å². The van der Waals surface area contributed by atoms with Gasteiger partial charge < -0.3 is 9.47 Å². The fraction of sp³-hybridized carbons (Fsp3) is 0.500. The Labute approximate surface area is 132 Å². The van der Waals surface area contributed by atoms with Crippen molar-refractivity contribution in [2.45, 2.75) is 39.7 Å². The number of rotatable bonds is 8. The summed E-state index contributed by atoms with van der Waals surface area (Å²) in [6, 6.07) is 1.03. The molecule has 0 unspecified atom stereocenters. The molecule has 0 aliphatic rings. The molecule has 0 fully saturated rings. The Morgan fingerprint density at radius 3 is 2.13 bits per heavy atom. The second-order valence-corrected chi connectivity index (χ2v) is 5.45. The highest BCUT2D eigenvalue weighted by Crippen LogP contribution is 2.15. The van der Waals surface area contributed by atoms with Crippen molar-refractivity contribution in [1.29, 1.82) is 0 Å². The molecule has 7 heteroatoms. The van der Waals surface area contributed by atoms with Gasteiger partial charge in [-0.05, 0) is 18.4 Å². The fourth-order valence-corrected chi connectivity index (χ4v) is 1.61. The van der Waals surface area contributed by atoms with E-state index in [1.165, 1.54) is 0 Å². The predicted molar refractivity (Wildman–Crippen MR) is 75.8 cm³/mol. The van der Waals surface area contributed by atoms with Gasteiger partial charge in [-0.2, -0.15) is 0 Å². The van der Waals surface area contributed by atoms with Gasteiger partial charge in [0.2, 0.25) is 0 Å². The number of ether oxygens (including phenoxy) is 2. The van der Waals surface area contributed by atoms with Gasteiger partial charge in [-0.3, -0.25) is 9.59 Å². The minimum absolute atomic E-state index is 0.0535. The molecule has 0 atom stereocenters. The van der Waals surface area contributed by atoms with E-state index in [2.05, 4.69) is 0 Å². The van der Waals surface area contributed by atoms with E-state index in [0.29, 0.717) is 18.7 Å². The van der Waals surface area contributed by atoms with E-state index in [-0.39, 0.29) is 30.7 Å². The SMILES string of the molecule is CC(C)COC(=O)CCCC(=O)OCc1cc(F)c(F)cc1F. The Morgan fingerprint density at radius 1 is 0.957 bits per heavy atom. The van der Waals surface area contributed by atoms with E-state index in [1.54, 1.807) is 0 Å². The molecular weight excluding hydrogens is 313 g/mol. The third-order valence-corrected chi connectivity index (χ3v) is 2.82. The van der Waals surface area contributed by atoms with Gasteiger partial charge in [-0.15, -0.1) is 0 Å². The summed E-state index contributed by atoms with van der Waals surface area (Å²) in [6.07, 6.45) is 0.249. The molecule has 0 saturated heterocycles. The van der Waals surface area contributed by atoms with Gasteiger partial charge in [0, 0.05) is 24.5 Å². The van der Waals surface area contributed by atoms with E-state index >= 15 is 0 Å². The molecule has 0 N–H and O–H groups in total.